The topological polar surface area (TPSA) is 61.8 Å². The van der Waals surface area contributed by atoms with Crippen LogP contribution < -0.4 is 10.2 Å². The number of piperidine rings is 1. The molecule has 0 unspecified atom stereocenters. The largest absolute Gasteiger partial charge is 0.444 e. The van der Waals surface area contributed by atoms with E-state index in [1.807, 2.05) is 32.9 Å². The second-order valence-electron chi connectivity index (χ2n) is 6.90. The number of benzene rings is 1. The highest BCUT2D eigenvalue weighted by Gasteiger charge is 2.22. The summed E-state index contributed by atoms with van der Waals surface area (Å²) < 4.78 is 5.31. The van der Waals surface area contributed by atoms with Gasteiger partial charge < -0.3 is 14.7 Å². The number of aliphatic hydroxyl groups excluding tert-OH is 1. The van der Waals surface area contributed by atoms with Gasteiger partial charge in [0.1, 0.15) is 5.60 Å². The lowest BCUT2D eigenvalue weighted by atomic mass is 9.97. The van der Waals surface area contributed by atoms with Crippen LogP contribution in [0.3, 0.4) is 0 Å². The summed E-state index contributed by atoms with van der Waals surface area (Å²) in [5.41, 5.74) is 1.02. The van der Waals surface area contributed by atoms with Gasteiger partial charge >= 0.3 is 6.09 Å². The van der Waals surface area contributed by atoms with Crippen molar-refractivity contribution in [1.29, 1.82) is 0 Å². The smallest absolute Gasteiger partial charge is 0.412 e. The van der Waals surface area contributed by atoms with E-state index >= 15 is 0 Å². The van der Waals surface area contributed by atoms with E-state index in [0.717, 1.165) is 31.6 Å². The molecular weight excluding hydrogens is 316 g/mol. The van der Waals surface area contributed by atoms with Crippen molar-refractivity contribution in [2.24, 2.45) is 5.92 Å². The van der Waals surface area contributed by atoms with Gasteiger partial charge in [0.05, 0.1) is 11.4 Å². The molecule has 0 aromatic heterocycles. The van der Waals surface area contributed by atoms with E-state index in [0.29, 0.717) is 16.6 Å². The number of nitrogens with one attached hydrogen (secondary N) is 1. The van der Waals surface area contributed by atoms with Crippen LogP contribution in [0.2, 0.25) is 5.02 Å². The zero-order valence-corrected chi connectivity index (χ0v) is 14.7. The highest BCUT2D eigenvalue weighted by atomic mass is 35.5. The Bertz CT molecular complexity index is 549. The van der Waals surface area contributed by atoms with Crippen molar-refractivity contribution >= 4 is 29.1 Å². The molecule has 1 aromatic rings. The van der Waals surface area contributed by atoms with Gasteiger partial charge in [-0.2, -0.15) is 0 Å². The van der Waals surface area contributed by atoms with E-state index in [4.69, 9.17) is 16.3 Å². The Kier molecular flexibility index (Phi) is 5.76. The lowest BCUT2D eigenvalue weighted by molar-refractivity contribution is 0.0636. The first kappa shape index (κ1) is 17.9. The van der Waals surface area contributed by atoms with Crippen LogP contribution in [0.4, 0.5) is 16.2 Å². The maximum Gasteiger partial charge on any atom is 0.412 e. The van der Waals surface area contributed by atoms with Crippen molar-refractivity contribution in [1.82, 2.24) is 0 Å². The molecule has 0 radical (unpaired) electrons. The minimum Gasteiger partial charge on any atom is -0.444 e. The summed E-state index contributed by atoms with van der Waals surface area (Å²) in [6.07, 6.45) is 1.38. The van der Waals surface area contributed by atoms with Crippen molar-refractivity contribution in [3.05, 3.63) is 23.2 Å². The average molecular weight is 341 g/mol. The Morgan fingerprint density at radius 1 is 1.39 bits per heavy atom. The Labute approximate surface area is 142 Å². The molecule has 1 aliphatic rings. The van der Waals surface area contributed by atoms with Gasteiger partial charge in [0, 0.05) is 24.7 Å². The summed E-state index contributed by atoms with van der Waals surface area (Å²) in [7, 11) is 0. The summed E-state index contributed by atoms with van der Waals surface area (Å²) in [5, 5.41) is 12.6. The quantitative estimate of drug-likeness (QED) is 0.876. The fourth-order valence-corrected chi connectivity index (χ4v) is 2.83. The Morgan fingerprint density at radius 2 is 2.04 bits per heavy atom. The first-order chi connectivity index (χ1) is 10.8. The van der Waals surface area contributed by atoms with Crippen LogP contribution in [0, 0.1) is 5.92 Å². The van der Waals surface area contributed by atoms with Crippen LogP contribution in [0.1, 0.15) is 33.6 Å². The molecular formula is C17H25ClN2O3. The molecule has 2 N–H and O–H groups in total. The summed E-state index contributed by atoms with van der Waals surface area (Å²) in [4.78, 5) is 14.2. The fraction of sp³-hybridized carbons (Fsp3) is 0.588. The second kappa shape index (κ2) is 7.41. The van der Waals surface area contributed by atoms with Gasteiger partial charge in [-0.05, 0) is 57.7 Å². The highest BCUT2D eigenvalue weighted by molar-refractivity contribution is 6.31. The Hall–Kier alpha value is -1.46. The van der Waals surface area contributed by atoms with Crippen LogP contribution in [0.15, 0.2) is 18.2 Å². The number of amides is 1. The molecule has 0 aliphatic carbocycles. The average Bonchev–Trinajstić information content (AvgIpc) is 2.45. The number of anilines is 2. The Balaban J connectivity index is 2.13. The van der Waals surface area contributed by atoms with Gasteiger partial charge in [0.2, 0.25) is 0 Å². The van der Waals surface area contributed by atoms with Gasteiger partial charge in [-0.25, -0.2) is 4.79 Å². The van der Waals surface area contributed by atoms with E-state index in [1.54, 1.807) is 6.07 Å². The SMILES string of the molecule is CC(C)(C)OC(=O)Nc1cc(Cl)ccc1N1CCC(CO)CC1. The molecule has 1 amide bonds. The monoisotopic (exact) mass is 340 g/mol. The molecule has 1 aliphatic heterocycles. The zero-order valence-electron chi connectivity index (χ0n) is 13.9. The maximum atomic E-state index is 12.0. The first-order valence-electron chi connectivity index (χ1n) is 7.94. The van der Waals surface area contributed by atoms with Crippen molar-refractivity contribution in [3.8, 4) is 0 Å². The number of aliphatic hydroxyl groups is 1. The second-order valence-corrected chi connectivity index (χ2v) is 7.34. The minimum atomic E-state index is -0.553. The van der Waals surface area contributed by atoms with E-state index in [-0.39, 0.29) is 6.61 Å². The molecule has 0 saturated carbocycles. The van der Waals surface area contributed by atoms with E-state index < -0.39 is 11.7 Å². The molecule has 1 heterocycles. The summed E-state index contributed by atoms with van der Waals surface area (Å²) in [6.45, 7) is 7.39. The third-order valence-electron chi connectivity index (χ3n) is 3.81. The predicted molar refractivity (Wildman–Crippen MR) is 93.3 cm³/mol. The lowest BCUT2D eigenvalue weighted by Gasteiger charge is -2.34. The molecule has 23 heavy (non-hydrogen) atoms. The van der Waals surface area contributed by atoms with Gasteiger partial charge in [-0.1, -0.05) is 11.6 Å². The van der Waals surface area contributed by atoms with Crippen LogP contribution in [0.25, 0.3) is 0 Å². The van der Waals surface area contributed by atoms with Crippen molar-refractivity contribution in [2.75, 3.05) is 29.9 Å². The number of nitrogens with zero attached hydrogens (tertiary/aromatic N) is 1. The molecule has 0 atom stereocenters. The van der Waals surface area contributed by atoms with Crippen LogP contribution in [-0.2, 0) is 4.74 Å². The number of rotatable bonds is 3. The number of carbonyl (C=O) groups is 1. The fourth-order valence-electron chi connectivity index (χ4n) is 2.65. The van der Waals surface area contributed by atoms with Crippen molar-refractivity contribution in [3.63, 3.8) is 0 Å². The highest BCUT2D eigenvalue weighted by Crippen LogP contribution is 2.32. The van der Waals surface area contributed by atoms with Gasteiger partial charge in [0.15, 0.2) is 0 Å². The summed E-state index contributed by atoms with van der Waals surface area (Å²) in [6, 6.07) is 5.46. The third kappa shape index (κ3) is 5.29. The van der Waals surface area contributed by atoms with Gasteiger partial charge in [-0.3, -0.25) is 5.32 Å². The number of ether oxygens (including phenoxy) is 1. The number of halogens is 1. The minimum absolute atomic E-state index is 0.234. The van der Waals surface area contributed by atoms with Crippen LogP contribution in [0.5, 0.6) is 0 Å². The lowest BCUT2D eigenvalue weighted by Crippen LogP contribution is -2.35. The number of hydrogen-bond acceptors (Lipinski definition) is 4. The zero-order chi connectivity index (χ0) is 17.0. The molecule has 1 aromatic carbocycles. The molecule has 5 nitrogen and oxygen atoms in total. The summed E-state index contributed by atoms with van der Waals surface area (Å²) >= 11 is 6.07. The molecule has 128 valence electrons. The van der Waals surface area contributed by atoms with E-state index in [2.05, 4.69) is 10.2 Å². The van der Waals surface area contributed by atoms with E-state index in [9.17, 15) is 9.90 Å². The van der Waals surface area contributed by atoms with E-state index in [1.165, 1.54) is 0 Å². The molecule has 0 spiro atoms. The Morgan fingerprint density at radius 3 is 2.61 bits per heavy atom. The standard InChI is InChI=1S/C17H25ClN2O3/c1-17(2,3)23-16(22)19-14-10-13(18)4-5-15(14)20-8-6-12(11-21)7-9-20/h4-5,10,12,21H,6-9,11H2,1-3H3,(H,19,22). The van der Waals surface area contributed by atoms with Crippen LogP contribution in [-0.4, -0.2) is 36.5 Å². The number of carbonyl (C=O) groups excluding carboxylic acids is 1. The van der Waals surface area contributed by atoms with Crippen molar-refractivity contribution < 1.29 is 14.6 Å². The first-order valence-corrected chi connectivity index (χ1v) is 8.31. The third-order valence-corrected chi connectivity index (χ3v) is 4.04. The molecule has 6 heteroatoms. The van der Waals surface area contributed by atoms with Gasteiger partial charge in [-0.15, -0.1) is 0 Å². The normalized spacial score (nSPS) is 16.3. The number of hydrogen-bond donors (Lipinski definition) is 2. The maximum absolute atomic E-state index is 12.0. The predicted octanol–water partition coefficient (Wildman–Crippen LogP) is 3.90. The molecule has 1 saturated heterocycles. The summed E-state index contributed by atoms with van der Waals surface area (Å²) in [5.74, 6) is 0.362. The van der Waals surface area contributed by atoms with Gasteiger partial charge in [0.25, 0.3) is 0 Å². The van der Waals surface area contributed by atoms with Crippen LogP contribution >= 0.6 is 11.6 Å². The molecule has 0 bridgehead atoms. The molecule has 2 rings (SSSR count). The van der Waals surface area contributed by atoms with Crippen molar-refractivity contribution in [2.45, 2.75) is 39.2 Å². The molecule has 1 fully saturated rings.